The van der Waals surface area contributed by atoms with Crippen LogP contribution in [0.25, 0.3) is 0 Å². The Labute approximate surface area is 110 Å². The summed E-state index contributed by atoms with van der Waals surface area (Å²) in [5.74, 6) is 0.264. The minimum Gasteiger partial charge on any atom is -0.368 e. The fourth-order valence-electron chi connectivity index (χ4n) is 2.95. The second-order valence-electron chi connectivity index (χ2n) is 5.72. The molecule has 0 aromatic rings. The Hall–Kier alpha value is -0.650. The molecule has 18 heavy (non-hydrogen) atoms. The lowest BCUT2D eigenvalue weighted by molar-refractivity contribution is -0.126. The van der Waals surface area contributed by atoms with E-state index in [-0.39, 0.29) is 5.91 Å². The summed E-state index contributed by atoms with van der Waals surface area (Å²) in [5.41, 5.74) is 5.21. The van der Waals surface area contributed by atoms with Crippen molar-refractivity contribution in [1.82, 2.24) is 15.1 Å². The van der Waals surface area contributed by atoms with E-state index in [2.05, 4.69) is 22.2 Å². The van der Waals surface area contributed by atoms with Gasteiger partial charge in [-0.3, -0.25) is 9.69 Å². The fourth-order valence-corrected chi connectivity index (χ4v) is 2.95. The Bertz CT molecular complexity index is 297. The summed E-state index contributed by atoms with van der Waals surface area (Å²) >= 11 is 0. The van der Waals surface area contributed by atoms with Crippen LogP contribution < -0.4 is 11.1 Å². The van der Waals surface area contributed by atoms with Crippen molar-refractivity contribution in [3.8, 4) is 0 Å². The summed E-state index contributed by atoms with van der Waals surface area (Å²) in [4.78, 5) is 16.7. The molecule has 0 radical (unpaired) electrons. The van der Waals surface area contributed by atoms with Gasteiger partial charge in [-0.1, -0.05) is 6.92 Å². The molecule has 0 bridgehead atoms. The number of hydrogen-bond acceptors (Lipinski definition) is 4. The maximum atomic E-state index is 12.0. The molecule has 5 nitrogen and oxygen atoms in total. The summed E-state index contributed by atoms with van der Waals surface area (Å²) in [6.45, 7) is 7.83. The van der Waals surface area contributed by atoms with Gasteiger partial charge >= 0.3 is 0 Å². The van der Waals surface area contributed by atoms with Gasteiger partial charge in [0.05, 0.1) is 0 Å². The van der Waals surface area contributed by atoms with E-state index in [1.807, 2.05) is 6.92 Å². The Morgan fingerprint density at radius 3 is 2.39 bits per heavy atom. The number of primary amides is 1. The van der Waals surface area contributed by atoms with Crippen molar-refractivity contribution < 1.29 is 4.79 Å². The van der Waals surface area contributed by atoms with Gasteiger partial charge in [-0.2, -0.15) is 0 Å². The van der Waals surface area contributed by atoms with E-state index < -0.39 is 5.54 Å². The van der Waals surface area contributed by atoms with Gasteiger partial charge in [-0.25, -0.2) is 0 Å². The lowest BCUT2D eigenvalue weighted by Crippen LogP contribution is -2.64. The molecule has 1 aliphatic heterocycles. The van der Waals surface area contributed by atoms with E-state index in [0.29, 0.717) is 5.92 Å². The van der Waals surface area contributed by atoms with Crippen LogP contribution in [0.5, 0.6) is 0 Å². The van der Waals surface area contributed by atoms with E-state index in [4.69, 9.17) is 5.73 Å². The molecule has 1 saturated carbocycles. The van der Waals surface area contributed by atoms with Crippen LogP contribution in [0.2, 0.25) is 0 Å². The summed E-state index contributed by atoms with van der Waals surface area (Å²) in [6.07, 6.45) is 2.26. The van der Waals surface area contributed by atoms with Crippen molar-refractivity contribution in [3.05, 3.63) is 0 Å². The zero-order valence-electron chi connectivity index (χ0n) is 11.6. The first-order valence-electron chi connectivity index (χ1n) is 7.04. The summed E-state index contributed by atoms with van der Waals surface area (Å²) in [7, 11) is 2.14. The van der Waals surface area contributed by atoms with Crippen LogP contribution in [0, 0.1) is 5.92 Å². The Kier molecular flexibility index (Phi) is 4.25. The molecule has 1 amide bonds. The lowest BCUT2D eigenvalue weighted by Gasteiger charge is -2.40. The molecular formula is C13H26N4O. The van der Waals surface area contributed by atoms with Crippen LogP contribution in [0.4, 0.5) is 0 Å². The highest BCUT2D eigenvalue weighted by molar-refractivity contribution is 5.86. The molecule has 3 N–H and O–H groups in total. The van der Waals surface area contributed by atoms with Gasteiger partial charge in [0.25, 0.3) is 0 Å². The number of rotatable bonds is 6. The summed E-state index contributed by atoms with van der Waals surface area (Å²) < 4.78 is 0. The molecular weight excluding hydrogens is 228 g/mol. The quantitative estimate of drug-likeness (QED) is 0.669. The molecule has 2 fully saturated rings. The average molecular weight is 254 g/mol. The molecule has 2 aliphatic rings. The fraction of sp³-hybridized carbons (Fsp3) is 0.923. The van der Waals surface area contributed by atoms with Crippen molar-refractivity contribution in [3.63, 3.8) is 0 Å². The molecule has 104 valence electrons. The molecule has 1 atom stereocenters. The molecule has 1 aliphatic carbocycles. The first-order chi connectivity index (χ1) is 8.58. The average Bonchev–Trinajstić information content (AvgIpc) is 3.15. The predicted octanol–water partition coefficient (Wildman–Crippen LogP) is -0.523. The normalized spacial score (nSPS) is 25.9. The van der Waals surface area contributed by atoms with E-state index in [1.165, 1.54) is 0 Å². The van der Waals surface area contributed by atoms with Gasteiger partial charge in [-0.15, -0.1) is 0 Å². The Morgan fingerprint density at radius 1 is 1.33 bits per heavy atom. The second-order valence-corrected chi connectivity index (χ2v) is 5.72. The van der Waals surface area contributed by atoms with Crippen LogP contribution in [0.1, 0.15) is 19.8 Å². The summed E-state index contributed by atoms with van der Waals surface area (Å²) in [6, 6.07) is 0. The third kappa shape index (κ3) is 2.84. The monoisotopic (exact) mass is 254 g/mol. The molecule has 0 spiro atoms. The molecule has 0 aromatic carbocycles. The number of nitrogens with zero attached hydrogens (tertiary/aromatic N) is 2. The SMILES string of the molecule is CCNC(CN1CCN(C)CC1)(C(N)=O)C1CC1. The lowest BCUT2D eigenvalue weighted by atomic mass is 9.91. The van der Waals surface area contributed by atoms with Gasteiger partial charge in [-0.05, 0) is 32.4 Å². The number of carbonyl (C=O) groups excluding carboxylic acids is 1. The Morgan fingerprint density at radius 2 is 1.94 bits per heavy atom. The highest BCUT2D eigenvalue weighted by Gasteiger charge is 2.50. The molecule has 5 heteroatoms. The van der Waals surface area contributed by atoms with E-state index in [0.717, 1.165) is 52.1 Å². The predicted molar refractivity (Wildman–Crippen MR) is 72.3 cm³/mol. The summed E-state index contributed by atoms with van der Waals surface area (Å²) in [5, 5.41) is 3.39. The van der Waals surface area contributed by atoms with Crippen LogP contribution in [0.3, 0.4) is 0 Å². The van der Waals surface area contributed by atoms with Crippen molar-refractivity contribution in [1.29, 1.82) is 0 Å². The number of carbonyl (C=O) groups is 1. The highest BCUT2D eigenvalue weighted by Crippen LogP contribution is 2.40. The molecule has 1 saturated heterocycles. The van der Waals surface area contributed by atoms with Gasteiger partial charge in [0, 0.05) is 32.7 Å². The van der Waals surface area contributed by atoms with E-state index in [9.17, 15) is 4.79 Å². The van der Waals surface area contributed by atoms with Crippen molar-refractivity contribution in [2.24, 2.45) is 11.7 Å². The van der Waals surface area contributed by atoms with Gasteiger partial charge in [0.15, 0.2) is 0 Å². The molecule has 1 unspecified atom stereocenters. The third-order valence-electron chi connectivity index (χ3n) is 4.28. The van der Waals surface area contributed by atoms with Gasteiger partial charge in [0.1, 0.15) is 5.54 Å². The highest BCUT2D eigenvalue weighted by atomic mass is 16.1. The first kappa shape index (κ1) is 13.8. The number of nitrogens with two attached hydrogens (primary N) is 1. The van der Waals surface area contributed by atoms with Gasteiger partial charge in [0.2, 0.25) is 5.91 Å². The third-order valence-corrected chi connectivity index (χ3v) is 4.28. The van der Waals surface area contributed by atoms with Crippen LogP contribution in [-0.2, 0) is 4.79 Å². The standard InChI is InChI=1S/C13H26N4O/c1-3-15-13(12(14)18,11-4-5-11)10-17-8-6-16(2)7-9-17/h11,15H,3-10H2,1-2H3,(H2,14,18). The van der Waals surface area contributed by atoms with Crippen molar-refractivity contribution in [2.45, 2.75) is 25.3 Å². The number of nitrogens with one attached hydrogen (secondary N) is 1. The van der Waals surface area contributed by atoms with Crippen LogP contribution >= 0.6 is 0 Å². The van der Waals surface area contributed by atoms with Gasteiger partial charge < -0.3 is 16.0 Å². The topological polar surface area (TPSA) is 61.6 Å². The molecule has 2 rings (SSSR count). The van der Waals surface area contributed by atoms with E-state index >= 15 is 0 Å². The van der Waals surface area contributed by atoms with E-state index in [1.54, 1.807) is 0 Å². The number of piperazine rings is 1. The number of amides is 1. The van der Waals surface area contributed by atoms with Crippen molar-refractivity contribution in [2.75, 3.05) is 46.3 Å². The minimum absolute atomic E-state index is 0.175. The van der Waals surface area contributed by atoms with Crippen molar-refractivity contribution >= 4 is 5.91 Å². The molecule has 1 heterocycles. The number of hydrogen-bond donors (Lipinski definition) is 2. The Balaban J connectivity index is 2.02. The van der Waals surface area contributed by atoms with Crippen LogP contribution in [0.15, 0.2) is 0 Å². The van der Waals surface area contributed by atoms with Crippen LogP contribution in [-0.4, -0.2) is 67.6 Å². The maximum Gasteiger partial charge on any atom is 0.239 e. The second kappa shape index (κ2) is 5.55. The zero-order valence-corrected chi connectivity index (χ0v) is 11.6. The first-order valence-corrected chi connectivity index (χ1v) is 7.04. The smallest absolute Gasteiger partial charge is 0.239 e. The largest absolute Gasteiger partial charge is 0.368 e. The zero-order chi connectivity index (χ0) is 13.2. The minimum atomic E-state index is -0.495. The number of likely N-dealkylation sites (N-methyl/N-ethyl adjacent to an activating group) is 2. The molecule has 0 aromatic heterocycles. The maximum absolute atomic E-state index is 12.0.